The lowest BCUT2D eigenvalue weighted by Crippen LogP contribution is -2.49. The molecule has 0 bridgehead atoms. The van der Waals surface area contributed by atoms with Gasteiger partial charge >= 0.3 is 0 Å². The zero-order chi connectivity index (χ0) is 29.6. The smallest absolute Gasteiger partial charge is 0.226 e. The van der Waals surface area contributed by atoms with E-state index in [0.29, 0.717) is 6.04 Å². The molecule has 2 aliphatic heterocycles. The molecule has 2 saturated heterocycles. The van der Waals surface area contributed by atoms with Gasteiger partial charge in [0.1, 0.15) is 5.83 Å². The van der Waals surface area contributed by atoms with Crippen LogP contribution in [-0.4, -0.2) is 87.5 Å². The van der Waals surface area contributed by atoms with E-state index in [0.717, 1.165) is 45.0 Å². The van der Waals surface area contributed by atoms with Crippen LogP contribution >= 0.6 is 0 Å². The quantitative estimate of drug-likeness (QED) is 0.112. The van der Waals surface area contributed by atoms with Crippen molar-refractivity contribution in [2.75, 3.05) is 69.7 Å². The Kier molecular flexibility index (Phi) is 13.3. The van der Waals surface area contributed by atoms with Crippen molar-refractivity contribution in [3.05, 3.63) is 73.0 Å². The molecule has 1 atom stereocenters. The highest BCUT2D eigenvalue weighted by molar-refractivity contribution is 5.98. The molecule has 2 fully saturated rings. The molecule has 1 aromatic carbocycles. The standard InChI is InChI=1S/C30H40F4N6O/c1-4-35-30(36-13-21-41-20-12-27(32)29(34)22-28(33)23(2)31)37-24-7-9-26(10-8-24)39-14-5-6-25(11-15-39)40-18-16-38(3)17-19-40/h4,7-10,13,22,25H,1-2,5-6,11-12,14-21H2,3H3,(H,35,37)/b28-22+,29-27-,36-13?. The molecule has 0 saturated carbocycles. The summed E-state index contributed by atoms with van der Waals surface area (Å²) >= 11 is 0. The molecule has 0 amide bonds. The van der Waals surface area contributed by atoms with Crippen LogP contribution in [0.1, 0.15) is 25.7 Å². The molecule has 41 heavy (non-hydrogen) atoms. The van der Waals surface area contributed by atoms with Gasteiger partial charge in [0.05, 0.1) is 13.2 Å². The first-order valence-electron chi connectivity index (χ1n) is 13.9. The second kappa shape index (κ2) is 16.9. The zero-order valence-electron chi connectivity index (χ0n) is 23.7. The number of aliphatic imine (C=N–C) groups is 2. The van der Waals surface area contributed by atoms with Gasteiger partial charge in [-0.15, -0.1) is 0 Å². The van der Waals surface area contributed by atoms with Gasteiger partial charge in [0, 0.05) is 81.6 Å². The summed E-state index contributed by atoms with van der Waals surface area (Å²) in [6.07, 6.45) is 6.00. The third-order valence-corrected chi connectivity index (χ3v) is 7.10. The van der Waals surface area contributed by atoms with Crippen molar-refractivity contribution in [2.45, 2.75) is 31.7 Å². The Hall–Kier alpha value is -3.28. The molecule has 11 heteroatoms. The van der Waals surface area contributed by atoms with Crippen molar-refractivity contribution in [3.8, 4) is 0 Å². The molecule has 224 valence electrons. The van der Waals surface area contributed by atoms with Crippen LogP contribution in [-0.2, 0) is 4.74 Å². The molecule has 0 spiro atoms. The van der Waals surface area contributed by atoms with Crippen LogP contribution in [0, 0.1) is 0 Å². The molecule has 1 unspecified atom stereocenters. The van der Waals surface area contributed by atoms with E-state index in [1.54, 1.807) is 0 Å². The summed E-state index contributed by atoms with van der Waals surface area (Å²) in [6.45, 7) is 12.8. The molecule has 3 rings (SSSR count). The summed E-state index contributed by atoms with van der Waals surface area (Å²) in [7, 11) is 2.19. The number of nitrogens with one attached hydrogen (secondary N) is 1. The topological polar surface area (TPSA) is 55.7 Å². The Balaban J connectivity index is 1.45. The predicted octanol–water partition coefficient (Wildman–Crippen LogP) is 6.17. The summed E-state index contributed by atoms with van der Waals surface area (Å²) in [4.78, 5) is 15.8. The first-order chi connectivity index (χ1) is 19.8. The fourth-order valence-corrected chi connectivity index (χ4v) is 4.77. The van der Waals surface area contributed by atoms with Crippen LogP contribution in [0.5, 0.6) is 0 Å². The number of benzene rings is 1. The average molecular weight is 577 g/mol. The van der Waals surface area contributed by atoms with Gasteiger partial charge in [-0.1, -0.05) is 13.2 Å². The Labute approximate surface area is 240 Å². The van der Waals surface area contributed by atoms with E-state index in [4.69, 9.17) is 4.74 Å². The monoisotopic (exact) mass is 576 g/mol. The minimum atomic E-state index is -1.57. The highest BCUT2D eigenvalue weighted by Gasteiger charge is 2.25. The molecule has 0 aliphatic carbocycles. The molecule has 1 aromatic rings. The number of hydrogen-bond acceptors (Lipinski definition) is 5. The lowest BCUT2D eigenvalue weighted by molar-refractivity contribution is 0.105. The SMILES string of the molecule is C=CN=C(N=CCOCC/C(F)=C(F)\C=C(\F)C(=C)F)Nc1ccc(N2CCCC(N3CCN(C)CC3)CC2)cc1. The molecular formula is C30H40F4N6O. The van der Waals surface area contributed by atoms with Crippen LogP contribution in [0.25, 0.3) is 0 Å². The lowest BCUT2D eigenvalue weighted by Gasteiger charge is -2.37. The number of nitrogens with zero attached hydrogens (tertiary/aromatic N) is 5. The highest BCUT2D eigenvalue weighted by Crippen LogP contribution is 2.24. The Morgan fingerprint density at radius 3 is 2.46 bits per heavy atom. The molecule has 1 N–H and O–H groups in total. The molecule has 2 heterocycles. The van der Waals surface area contributed by atoms with Gasteiger partial charge in [-0.3, -0.25) is 4.90 Å². The van der Waals surface area contributed by atoms with Crippen molar-refractivity contribution < 1.29 is 22.3 Å². The lowest BCUT2D eigenvalue weighted by atomic mass is 10.1. The number of allylic oxidation sites excluding steroid dienone is 4. The van der Waals surface area contributed by atoms with Gasteiger partial charge in [0.25, 0.3) is 0 Å². The Morgan fingerprint density at radius 2 is 1.78 bits per heavy atom. The van der Waals surface area contributed by atoms with E-state index >= 15 is 0 Å². The summed E-state index contributed by atoms with van der Waals surface area (Å²) in [5.74, 6) is -5.54. The number of halogens is 4. The van der Waals surface area contributed by atoms with E-state index in [2.05, 4.69) is 62.3 Å². The average Bonchev–Trinajstić information content (AvgIpc) is 3.22. The van der Waals surface area contributed by atoms with Gasteiger partial charge in [0.15, 0.2) is 17.5 Å². The van der Waals surface area contributed by atoms with E-state index in [9.17, 15) is 17.6 Å². The van der Waals surface area contributed by atoms with Crippen LogP contribution in [0.4, 0.5) is 28.9 Å². The Morgan fingerprint density at radius 1 is 1.05 bits per heavy atom. The molecule has 2 aliphatic rings. The normalized spacial score (nSPS) is 20.6. The number of anilines is 2. The third-order valence-electron chi connectivity index (χ3n) is 7.10. The minimum Gasteiger partial charge on any atom is -0.375 e. The minimum absolute atomic E-state index is 0.00124. The van der Waals surface area contributed by atoms with Crippen LogP contribution in [0.2, 0.25) is 0 Å². The van der Waals surface area contributed by atoms with E-state index in [1.165, 1.54) is 37.4 Å². The number of ether oxygens (including phenoxy) is 1. The van der Waals surface area contributed by atoms with Gasteiger partial charge < -0.3 is 19.9 Å². The zero-order valence-corrected chi connectivity index (χ0v) is 23.7. The second-order valence-electron chi connectivity index (χ2n) is 10.0. The fraction of sp³-hybridized carbons (Fsp3) is 0.467. The maximum absolute atomic E-state index is 13.7. The van der Waals surface area contributed by atoms with Gasteiger partial charge in [-0.05, 0) is 50.6 Å². The van der Waals surface area contributed by atoms with E-state index < -0.39 is 29.7 Å². The summed E-state index contributed by atoms with van der Waals surface area (Å²) in [5, 5.41) is 3.13. The maximum atomic E-state index is 13.7. The van der Waals surface area contributed by atoms with Crippen LogP contribution in [0.15, 0.2) is 83.0 Å². The number of rotatable bonds is 11. The first-order valence-corrected chi connectivity index (χ1v) is 13.9. The van der Waals surface area contributed by atoms with E-state index in [1.807, 2.05) is 12.1 Å². The highest BCUT2D eigenvalue weighted by atomic mass is 19.2. The van der Waals surface area contributed by atoms with E-state index in [-0.39, 0.29) is 25.2 Å². The fourth-order valence-electron chi connectivity index (χ4n) is 4.77. The van der Waals surface area contributed by atoms with Crippen molar-refractivity contribution in [1.29, 1.82) is 0 Å². The summed E-state index contributed by atoms with van der Waals surface area (Å²) in [6, 6.07) is 8.77. The maximum Gasteiger partial charge on any atom is 0.226 e. The number of likely N-dealkylation sites (N-methyl/N-ethyl adjacent to an activating group) is 1. The molecular weight excluding hydrogens is 536 g/mol. The molecule has 7 nitrogen and oxygen atoms in total. The predicted molar refractivity (Wildman–Crippen MR) is 159 cm³/mol. The molecule has 0 aromatic heterocycles. The van der Waals surface area contributed by atoms with Crippen molar-refractivity contribution >= 4 is 23.5 Å². The van der Waals surface area contributed by atoms with Gasteiger partial charge in [-0.25, -0.2) is 27.5 Å². The number of hydrogen-bond donors (Lipinski definition) is 1. The number of piperazine rings is 1. The van der Waals surface area contributed by atoms with Crippen molar-refractivity contribution in [3.63, 3.8) is 0 Å². The van der Waals surface area contributed by atoms with Crippen molar-refractivity contribution in [1.82, 2.24) is 9.80 Å². The number of guanidine groups is 1. The van der Waals surface area contributed by atoms with Crippen molar-refractivity contribution in [2.24, 2.45) is 9.98 Å². The summed E-state index contributed by atoms with van der Waals surface area (Å²) < 4.78 is 57.9. The third kappa shape index (κ3) is 10.9. The van der Waals surface area contributed by atoms with Crippen LogP contribution < -0.4 is 10.2 Å². The van der Waals surface area contributed by atoms with Gasteiger partial charge in [0.2, 0.25) is 5.96 Å². The van der Waals surface area contributed by atoms with Crippen LogP contribution in [0.3, 0.4) is 0 Å². The second-order valence-corrected chi connectivity index (χ2v) is 10.0. The van der Waals surface area contributed by atoms with Gasteiger partial charge in [-0.2, -0.15) is 0 Å². The first kappa shape index (κ1) is 32.2. The largest absolute Gasteiger partial charge is 0.375 e. The molecule has 0 radical (unpaired) electrons. The summed E-state index contributed by atoms with van der Waals surface area (Å²) in [5.41, 5.74) is 1.98. The Bertz CT molecular complexity index is 1130.